The summed E-state index contributed by atoms with van der Waals surface area (Å²) in [6.07, 6.45) is 0. The van der Waals surface area contributed by atoms with Gasteiger partial charge in [-0.2, -0.15) is 8.42 Å². The lowest BCUT2D eigenvalue weighted by molar-refractivity contribution is 0.501. The van der Waals surface area contributed by atoms with E-state index in [2.05, 4.69) is 0 Å². The Bertz CT molecular complexity index is 94.7. The van der Waals surface area contributed by atoms with Gasteiger partial charge in [0.1, 0.15) is 0 Å². The predicted molar refractivity (Wildman–Crippen MR) is 16.2 cm³/mol. The summed E-state index contributed by atoms with van der Waals surface area (Å²) < 4.78 is 36.6. The second kappa shape index (κ2) is 2.04. The number of hydrogen-bond acceptors (Lipinski definition) is 3. The first kappa shape index (κ1) is 9.24. The predicted octanol–water partition coefficient (Wildman–Crippen LogP) is 0.332. The van der Waals surface area contributed by atoms with E-state index < -0.39 is 10.6 Å². The van der Waals surface area contributed by atoms with Gasteiger partial charge in [-0.3, -0.25) is 0 Å². The molecule has 0 aliphatic rings. The van der Waals surface area contributed by atoms with Gasteiger partial charge in [0, 0.05) is 0 Å². The second-order valence-corrected chi connectivity index (χ2v) is 1.14. The van der Waals surface area contributed by atoms with Crippen LogP contribution in [0.4, 0.5) is 7.77 Å². The molecule has 0 unspecified atom stereocenters. The van der Waals surface area contributed by atoms with Crippen molar-refractivity contribution in [2.45, 2.75) is 0 Å². The third kappa shape index (κ3) is 547. The molecule has 0 aromatic carbocycles. The molecule has 0 spiro atoms. The van der Waals surface area contributed by atoms with Crippen LogP contribution < -0.4 is 6.15 Å². The zero-order valence-corrected chi connectivity index (χ0v) is 3.50. The van der Waals surface area contributed by atoms with Crippen molar-refractivity contribution in [1.82, 2.24) is 6.15 Å². The summed E-state index contributed by atoms with van der Waals surface area (Å²) >= 11 is 0. The van der Waals surface area contributed by atoms with Crippen LogP contribution in [-0.2, 0) is 10.6 Å². The zero-order valence-electron chi connectivity index (χ0n) is 2.69. The van der Waals surface area contributed by atoms with Crippen LogP contribution in [0.2, 0.25) is 0 Å². The summed E-state index contributed by atoms with van der Waals surface area (Å²) in [5.41, 5.74) is 0. The minimum Gasteiger partial charge on any atom is -0.344 e. The van der Waals surface area contributed by atoms with Crippen molar-refractivity contribution in [1.29, 1.82) is 0 Å². The molecule has 6 heavy (non-hydrogen) atoms. The fourth-order valence-electron chi connectivity index (χ4n) is 0. The largest absolute Gasteiger partial charge is 0.476 e. The first-order valence-corrected chi connectivity index (χ1v) is 1.93. The van der Waals surface area contributed by atoms with Crippen LogP contribution in [0, 0.1) is 0 Å². The highest BCUT2D eigenvalue weighted by atomic mass is 32.3. The Morgan fingerprint density at radius 2 is 1.17 bits per heavy atom. The minimum absolute atomic E-state index is 0. The Kier molecular flexibility index (Phi) is 3.13. The van der Waals surface area contributed by atoms with E-state index in [1.165, 1.54) is 0 Å². The molecule has 0 aliphatic heterocycles. The first-order chi connectivity index (χ1) is 2.00. The van der Waals surface area contributed by atoms with Crippen LogP contribution in [0.15, 0.2) is 0 Å². The maximum Gasteiger partial charge on any atom is 0.476 e. The van der Waals surface area contributed by atoms with E-state index in [1.807, 2.05) is 0 Å². The normalized spacial score (nSPS) is 9.67. The summed E-state index contributed by atoms with van der Waals surface area (Å²) in [5.74, 6) is 0. The molecule has 40 valence electrons. The molecule has 0 saturated carbocycles. The van der Waals surface area contributed by atoms with Gasteiger partial charge in [-0.1, -0.05) is 7.77 Å². The highest BCUT2D eigenvalue weighted by Crippen LogP contribution is 1.85. The Labute approximate surface area is 34.1 Å². The molecule has 0 saturated heterocycles. The number of halogens is 2. The first-order valence-electron chi connectivity index (χ1n) is 0.642. The second-order valence-electron chi connectivity index (χ2n) is 0.378. The van der Waals surface area contributed by atoms with E-state index in [9.17, 15) is 7.77 Å². The lowest BCUT2D eigenvalue weighted by Crippen LogP contribution is -1.69. The molecular formula is H3F2NO2S. The average Bonchev–Trinajstić information content (AvgIpc) is 0.722. The quantitative estimate of drug-likeness (QED) is 0.467. The van der Waals surface area contributed by atoms with Crippen molar-refractivity contribution >= 4 is 10.6 Å². The molecule has 0 bridgehead atoms. The van der Waals surface area contributed by atoms with Crippen LogP contribution >= 0.6 is 0 Å². The molecule has 6 heteroatoms. The van der Waals surface area contributed by atoms with Crippen molar-refractivity contribution in [3.05, 3.63) is 0 Å². The van der Waals surface area contributed by atoms with Gasteiger partial charge < -0.3 is 6.15 Å². The Morgan fingerprint density at radius 1 is 1.17 bits per heavy atom. The standard InChI is InChI=1S/F2O2S.H3N/c1-5(2,3)4;/h;1H3. The molecule has 3 nitrogen and oxygen atoms in total. The van der Waals surface area contributed by atoms with Crippen LogP contribution in [0.3, 0.4) is 0 Å². The van der Waals surface area contributed by atoms with Crippen LogP contribution in [0.25, 0.3) is 0 Å². The maximum absolute atomic E-state index is 9.99. The number of hydrogen-bond donors (Lipinski definition) is 1. The van der Waals surface area contributed by atoms with Gasteiger partial charge in [-0.25, -0.2) is 0 Å². The molecule has 0 fully saturated rings. The van der Waals surface area contributed by atoms with Crippen LogP contribution in [-0.4, -0.2) is 8.42 Å². The Morgan fingerprint density at radius 3 is 1.17 bits per heavy atom. The van der Waals surface area contributed by atoms with E-state index in [0.29, 0.717) is 0 Å². The zero-order chi connectivity index (χ0) is 4.50. The van der Waals surface area contributed by atoms with Gasteiger partial charge in [-0.15, -0.1) is 0 Å². The van der Waals surface area contributed by atoms with Crippen molar-refractivity contribution in [2.24, 2.45) is 0 Å². The average molecular weight is 119 g/mol. The van der Waals surface area contributed by atoms with Gasteiger partial charge in [0.25, 0.3) is 0 Å². The molecule has 0 heterocycles. The monoisotopic (exact) mass is 119 g/mol. The molecule has 0 amide bonds. The Balaban J connectivity index is 0. The van der Waals surface area contributed by atoms with Crippen LogP contribution in [0.1, 0.15) is 0 Å². The SMILES string of the molecule is N.O=S(=O)(F)F. The van der Waals surface area contributed by atoms with Crippen molar-refractivity contribution < 1.29 is 16.2 Å². The van der Waals surface area contributed by atoms with Crippen molar-refractivity contribution in [3.8, 4) is 0 Å². The summed E-state index contributed by atoms with van der Waals surface area (Å²) in [6, 6.07) is 0. The van der Waals surface area contributed by atoms with Gasteiger partial charge >= 0.3 is 10.6 Å². The fourth-order valence-corrected chi connectivity index (χ4v) is 0. The van der Waals surface area contributed by atoms with Crippen molar-refractivity contribution in [3.63, 3.8) is 0 Å². The van der Waals surface area contributed by atoms with Crippen LogP contribution in [0.5, 0.6) is 0 Å². The lowest BCUT2D eigenvalue weighted by Gasteiger charge is -1.57. The maximum atomic E-state index is 9.99. The molecule has 0 aliphatic carbocycles. The molecule has 0 radical (unpaired) electrons. The van der Waals surface area contributed by atoms with E-state index >= 15 is 0 Å². The fraction of sp³-hybridized carbons (Fsp3) is 0. The molecule has 0 aromatic rings. The van der Waals surface area contributed by atoms with Gasteiger partial charge in [-0.05, 0) is 0 Å². The van der Waals surface area contributed by atoms with E-state index in [1.54, 1.807) is 0 Å². The Hall–Kier alpha value is -0.230. The molecule has 0 atom stereocenters. The molecule has 3 N–H and O–H groups in total. The number of rotatable bonds is 0. The van der Waals surface area contributed by atoms with E-state index in [4.69, 9.17) is 8.42 Å². The minimum atomic E-state index is -5.67. The molecule has 0 rings (SSSR count). The smallest absolute Gasteiger partial charge is 0.344 e. The van der Waals surface area contributed by atoms with Gasteiger partial charge in [0.15, 0.2) is 0 Å². The summed E-state index contributed by atoms with van der Waals surface area (Å²) in [6.45, 7) is 0. The highest BCUT2D eigenvalue weighted by molar-refractivity contribution is 7.81. The highest BCUT2D eigenvalue weighted by Gasteiger charge is 1.94. The third-order valence-electron chi connectivity index (χ3n) is 0. The van der Waals surface area contributed by atoms with E-state index in [-0.39, 0.29) is 6.15 Å². The van der Waals surface area contributed by atoms with Gasteiger partial charge in [0.05, 0.1) is 0 Å². The summed E-state index contributed by atoms with van der Waals surface area (Å²) in [5, 5.41) is 0. The third-order valence-corrected chi connectivity index (χ3v) is 0. The topological polar surface area (TPSA) is 69.1 Å². The summed E-state index contributed by atoms with van der Waals surface area (Å²) in [7, 11) is -5.67. The van der Waals surface area contributed by atoms with E-state index in [0.717, 1.165) is 0 Å². The lowest BCUT2D eigenvalue weighted by atomic mass is 14.0. The van der Waals surface area contributed by atoms with Gasteiger partial charge in [0.2, 0.25) is 0 Å². The summed E-state index contributed by atoms with van der Waals surface area (Å²) in [4.78, 5) is 0. The van der Waals surface area contributed by atoms with Crippen molar-refractivity contribution in [2.75, 3.05) is 0 Å². The molecular weight excluding hydrogens is 116 g/mol. The molecule has 0 aromatic heterocycles.